The molecule has 0 aliphatic carbocycles. The van der Waals surface area contributed by atoms with E-state index in [0.29, 0.717) is 0 Å². The molecule has 51 heavy (non-hydrogen) atoms. The molecule has 0 amide bonds. The van der Waals surface area contributed by atoms with E-state index in [1.165, 1.54) is 0 Å². The summed E-state index contributed by atoms with van der Waals surface area (Å²) in [6.45, 7) is 0. The first-order chi connectivity index (χ1) is 23.9. The van der Waals surface area contributed by atoms with E-state index in [4.69, 9.17) is 42.6 Å². The van der Waals surface area contributed by atoms with E-state index in [2.05, 4.69) is 0 Å². The number of hydrogen-bond donors (Lipinski definition) is 12. The fraction of sp³-hybridized carbons (Fsp3) is 0.846. The van der Waals surface area contributed by atoms with Gasteiger partial charge in [0.2, 0.25) is 0 Å². The van der Waals surface area contributed by atoms with Gasteiger partial charge in [-0.2, -0.15) is 0 Å². The monoisotopic (exact) mass is 750 g/mol. The number of carboxylic acid groups (broad SMARTS) is 4. The van der Waals surface area contributed by atoms with Gasteiger partial charge in [0, 0.05) is 14.2 Å². The molecule has 4 aliphatic heterocycles. The van der Waals surface area contributed by atoms with Crippen LogP contribution in [0.1, 0.15) is 0 Å². The van der Waals surface area contributed by atoms with Crippen molar-refractivity contribution >= 4 is 23.9 Å². The molecule has 0 aromatic heterocycles. The van der Waals surface area contributed by atoms with Gasteiger partial charge in [-0.15, -0.1) is 0 Å². The number of aliphatic hydroxyl groups is 8. The largest absolute Gasteiger partial charge is 0.479 e. The lowest BCUT2D eigenvalue weighted by Gasteiger charge is -2.48. The second-order valence-electron chi connectivity index (χ2n) is 11.7. The molecule has 292 valence electrons. The van der Waals surface area contributed by atoms with Crippen LogP contribution in [-0.4, -0.2) is 222 Å². The predicted molar refractivity (Wildman–Crippen MR) is 146 cm³/mol. The third-order valence-electron chi connectivity index (χ3n) is 8.53. The van der Waals surface area contributed by atoms with Gasteiger partial charge in [-0.3, -0.25) is 0 Å². The number of carboxylic acids is 4. The number of rotatable bonds is 12. The second kappa shape index (κ2) is 16.5. The maximum atomic E-state index is 12.2. The van der Waals surface area contributed by atoms with Crippen LogP contribution < -0.4 is 0 Å². The van der Waals surface area contributed by atoms with Crippen LogP contribution in [0, 0.1) is 0 Å². The van der Waals surface area contributed by atoms with E-state index in [9.17, 15) is 80.5 Å². The molecule has 4 fully saturated rings. The van der Waals surface area contributed by atoms with Crippen LogP contribution in [-0.2, 0) is 61.8 Å². The van der Waals surface area contributed by atoms with E-state index in [1.807, 2.05) is 0 Å². The summed E-state index contributed by atoms with van der Waals surface area (Å²) in [6, 6.07) is 0. The van der Waals surface area contributed by atoms with Gasteiger partial charge in [0.1, 0.15) is 73.2 Å². The van der Waals surface area contributed by atoms with Crippen molar-refractivity contribution in [2.75, 3.05) is 14.2 Å². The van der Waals surface area contributed by atoms with Crippen LogP contribution in [0.15, 0.2) is 0 Å². The number of aliphatic hydroxyl groups excluding tert-OH is 8. The zero-order valence-corrected chi connectivity index (χ0v) is 26.2. The molecule has 4 saturated heterocycles. The van der Waals surface area contributed by atoms with Crippen molar-refractivity contribution in [3.05, 3.63) is 0 Å². The van der Waals surface area contributed by atoms with Crippen LogP contribution in [0.3, 0.4) is 0 Å². The minimum absolute atomic E-state index is 1.000. The molecule has 4 heterocycles. The first-order valence-electron chi connectivity index (χ1n) is 14.9. The molecule has 12 N–H and O–H groups in total. The summed E-state index contributed by atoms with van der Waals surface area (Å²) >= 11 is 0. The van der Waals surface area contributed by atoms with E-state index in [-0.39, 0.29) is 0 Å². The van der Waals surface area contributed by atoms with Gasteiger partial charge in [0.25, 0.3) is 0 Å². The van der Waals surface area contributed by atoms with E-state index in [0.717, 1.165) is 14.2 Å². The van der Waals surface area contributed by atoms with Gasteiger partial charge in [-0.05, 0) is 0 Å². The Labute approximate surface area is 284 Å². The SMILES string of the molecule is CO[C@@H]1C(C(=O)O)O[C@@H](O[C@H]2C(O)C(O)[C@H](O[C@@H]3C(C(=O)O)O[C@@H](O[C@H]4C(O)[C@@H](O)[C@H](OC)O[C@H]4C(=O)O)[C@H](O)C3O)O[C@H]2C(=O)O)[C@@H](O)C1O. The molecule has 0 saturated carbocycles. The third kappa shape index (κ3) is 8.09. The standard InChI is InChI=1S/C26H38O25/c1-43-11-3(27)8(32)24(49-15(11)19(35)36)46-13-5(29)10(34)26(51-17(13)21(39)40)47-14-6(30)9(33)25(50-18(14)22(41)42)45-12-4(28)7(31)23(44-2)48-16(12)20(37)38/h3-18,23-34H,1-2H3,(H,35,36)(H,37,38)(H,39,40)(H,41,42)/t3?,4?,5?,6?,7-,8+,9-,10?,11+,12+,13+,14+,15?,16-,17-,18?,23-,24-,25-,26-/m1/s1. The highest BCUT2D eigenvalue weighted by atomic mass is 16.8. The van der Waals surface area contributed by atoms with Gasteiger partial charge in [-0.1, -0.05) is 0 Å². The zero-order chi connectivity index (χ0) is 38.2. The molecule has 0 aromatic carbocycles. The highest BCUT2D eigenvalue weighted by molar-refractivity contribution is 5.75. The summed E-state index contributed by atoms with van der Waals surface area (Å²) in [7, 11) is 2.02. The highest BCUT2D eigenvalue weighted by Gasteiger charge is 2.58. The summed E-state index contributed by atoms with van der Waals surface area (Å²) in [5.74, 6) is -7.32. The quantitative estimate of drug-likeness (QED) is 0.0881. The van der Waals surface area contributed by atoms with Crippen LogP contribution in [0.5, 0.6) is 0 Å². The average molecular weight is 751 g/mol. The number of ether oxygens (including phenoxy) is 9. The Bertz CT molecular complexity index is 1250. The molecule has 0 bridgehead atoms. The first kappa shape index (κ1) is 41.0. The van der Waals surface area contributed by atoms with Crippen molar-refractivity contribution in [2.24, 2.45) is 0 Å². The molecule has 4 aliphatic rings. The second-order valence-corrected chi connectivity index (χ2v) is 11.7. The van der Waals surface area contributed by atoms with Crippen LogP contribution in [0.4, 0.5) is 0 Å². The lowest BCUT2D eigenvalue weighted by Crippen LogP contribution is -2.68. The molecule has 7 unspecified atom stereocenters. The summed E-state index contributed by atoms with van der Waals surface area (Å²) in [5, 5.41) is 123. The van der Waals surface area contributed by atoms with Crippen LogP contribution in [0.25, 0.3) is 0 Å². The van der Waals surface area contributed by atoms with Crippen molar-refractivity contribution < 1.29 is 123 Å². The number of aliphatic carboxylic acids is 4. The van der Waals surface area contributed by atoms with Gasteiger partial charge in [-0.25, -0.2) is 19.2 Å². The molecule has 0 aromatic rings. The molecular weight excluding hydrogens is 712 g/mol. The van der Waals surface area contributed by atoms with Gasteiger partial charge in [0.15, 0.2) is 49.6 Å². The minimum atomic E-state index is -2.40. The smallest absolute Gasteiger partial charge is 0.335 e. The van der Waals surface area contributed by atoms with Crippen molar-refractivity contribution in [1.29, 1.82) is 0 Å². The molecule has 0 radical (unpaired) electrons. The fourth-order valence-electron chi connectivity index (χ4n) is 5.86. The summed E-state index contributed by atoms with van der Waals surface area (Å²) in [6.07, 6.45) is -43.0. The van der Waals surface area contributed by atoms with Crippen molar-refractivity contribution in [1.82, 2.24) is 0 Å². The Morgan fingerprint density at radius 2 is 0.608 bits per heavy atom. The van der Waals surface area contributed by atoms with E-state index in [1.54, 1.807) is 0 Å². The average Bonchev–Trinajstić information content (AvgIpc) is 3.07. The van der Waals surface area contributed by atoms with Crippen LogP contribution in [0.2, 0.25) is 0 Å². The topological polar surface area (TPSA) is 394 Å². The first-order valence-corrected chi connectivity index (χ1v) is 14.9. The predicted octanol–water partition coefficient (Wildman–Crippen LogP) is -8.07. The molecule has 20 atom stereocenters. The van der Waals surface area contributed by atoms with E-state index >= 15 is 0 Å². The van der Waals surface area contributed by atoms with Gasteiger partial charge >= 0.3 is 23.9 Å². The summed E-state index contributed by atoms with van der Waals surface area (Å²) in [5.41, 5.74) is 0. The maximum Gasteiger partial charge on any atom is 0.335 e. The molecular formula is C26H38O25. The van der Waals surface area contributed by atoms with Gasteiger partial charge < -0.3 is 104 Å². The zero-order valence-electron chi connectivity index (χ0n) is 26.2. The summed E-state index contributed by atoms with van der Waals surface area (Å²) in [4.78, 5) is 47.8. The normalized spacial score (nSPS) is 47.7. The van der Waals surface area contributed by atoms with Crippen molar-refractivity contribution in [2.45, 2.75) is 123 Å². The highest BCUT2D eigenvalue weighted by Crippen LogP contribution is 2.35. The Kier molecular flexibility index (Phi) is 13.2. The lowest BCUT2D eigenvalue weighted by molar-refractivity contribution is -0.378. The Hall–Kier alpha value is -2.80. The lowest BCUT2D eigenvalue weighted by atomic mass is 9.95. The molecule has 0 spiro atoms. The number of methoxy groups -OCH3 is 2. The van der Waals surface area contributed by atoms with Gasteiger partial charge in [0.05, 0.1) is 0 Å². The Morgan fingerprint density at radius 3 is 0.863 bits per heavy atom. The molecule has 4 rings (SSSR count). The summed E-state index contributed by atoms with van der Waals surface area (Å²) < 4.78 is 46.0. The molecule has 25 heteroatoms. The number of hydrogen-bond acceptors (Lipinski definition) is 21. The third-order valence-corrected chi connectivity index (χ3v) is 8.53. The maximum absolute atomic E-state index is 12.2. The minimum Gasteiger partial charge on any atom is -0.479 e. The molecule has 25 nitrogen and oxygen atoms in total. The Balaban J connectivity index is 1.51. The van der Waals surface area contributed by atoms with Crippen molar-refractivity contribution in [3.63, 3.8) is 0 Å². The van der Waals surface area contributed by atoms with Crippen LogP contribution >= 0.6 is 0 Å². The van der Waals surface area contributed by atoms with Crippen molar-refractivity contribution in [3.8, 4) is 0 Å². The van der Waals surface area contributed by atoms with E-state index < -0.39 is 147 Å². The number of carbonyl (C=O) groups is 4. The Morgan fingerprint density at radius 1 is 0.373 bits per heavy atom. The fourth-order valence-corrected chi connectivity index (χ4v) is 5.86.